The van der Waals surface area contributed by atoms with Gasteiger partial charge in [-0.15, -0.1) is 0 Å². The minimum atomic E-state index is 0.471. The van der Waals surface area contributed by atoms with Gasteiger partial charge in [-0.3, -0.25) is 5.10 Å². The number of aromatic nitrogens is 2. The molecule has 2 aromatic rings. The normalized spacial score (nSPS) is 10.6. The van der Waals surface area contributed by atoms with Gasteiger partial charge in [0.1, 0.15) is 11.6 Å². The van der Waals surface area contributed by atoms with Crippen molar-refractivity contribution in [3.63, 3.8) is 0 Å². The first-order valence-electron chi connectivity index (χ1n) is 5.19. The van der Waals surface area contributed by atoms with Crippen molar-refractivity contribution in [1.82, 2.24) is 10.2 Å². The van der Waals surface area contributed by atoms with Gasteiger partial charge < -0.3 is 10.5 Å². The first-order chi connectivity index (χ1) is 8.04. The second-order valence-electron chi connectivity index (χ2n) is 3.92. The smallest absolute Gasteiger partial charge is 0.145 e. The number of aryl methyl sites for hydroxylation is 1. The first kappa shape index (κ1) is 12.0. The minimum absolute atomic E-state index is 0.471. The van der Waals surface area contributed by atoms with Crippen LogP contribution in [0.2, 0.25) is 0 Å². The number of nitrogens with two attached hydrogens (primary N) is 1. The molecule has 0 amide bonds. The van der Waals surface area contributed by atoms with Crippen LogP contribution < -0.4 is 10.5 Å². The molecule has 0 bridgehead atoms. The van der Waals surface area contributed by atoms with E-state index in [1.807, 2.05) is 19.9 Å². The van der Waals surface area contributed by atoms with Gasteiger partial charge in [-0.05, 0) is 31.0 Å². The molecule has 0 spiro atoms. The highest BCUT2D eigenvalue weighted by molar-refractivity contribution is 9.10. The largest absolute Gasteiger partial charge is 0.496 e. The summed E-state index contributed by atoms with van der Waals surface area (Å²) in [5, 5.41) is 6.87. The van der Waals surface area contributed by atoms with E-state index < -0.39 is 0 Å². The maximum Gasteiger partial charge on any atom is 0.145 e. The predicted octanol–water partition coefficient (Wildman–Crippen LogP) is 3.05. The minimum Gasteiger partial charge on any atom is -0.496 e. The van der Waals surface area contributed by atoms with E-state index in [0.717, 1.165) is 32.6 Å². The number of ether oxygens (including phenoxy) is 1. The van der Waals surface area contributed by atoms with Crippen LogP contribution in [0, 0.1) is 13.8 Å². The van der Waals surface area contributed by atoms with Crippen molar-refractivity contribution < 1.29 is 4.74 Å². The molecule has 0 aliphatic carbocycles. The fraction of sp³-hybridized carbons (Fsp3) is 0.250. The Balaban J connectivity index is 2.74. The predicted molar refractivity (Wildman–Crippen MR) is 72.2 cm³/mol. The SMILES string of the molecule is COc1c(C)cc(Br)c(C)c1-c1cc(N)n[nH]1. The molecule has 1 aromatic heterocycles. The van der Waals surface area contributed by atoms with Crippen molar-refractivity contribution in [3.8, 4) is 17.0 Å². The van der Waals surface area contributed by atoms with E-state index in [1.54, 1.807) is 13.2 Å². The zero-order valence-electron chi connectivity index (χ0n) is 9.97. The topological polar surface area (TPSA) is 63.9 Å². The van der Waals surface area contributed by atoms with Gasteiger partial charge in [0.15, 0.2) is 0 Å². The van der Waals surface area contributed by atoms with E-state index in [-0.39, 0.29) is 0 Å². The number of hydrogen-bond acceptors (Lipinski definition) is 3. The molecule has 0 atom stereocenters. The summed E-state index contributed by atoms with van der Waals surface area (Å²) in [6.45, 7) is 4.03. The summed E-state index contributed by atoms with van der Waals surface area (Å²) in [5.41, 5.74) is 9.65. The Morgan fingerprint density at radius 2 is 2.06 bits per heavy atom. The highest BCUT2D eigenvalue weighted by atomic mass is 79.9. The molecule has 3 N–H and O–H groups in total. The third kappa shape index (κ3) is 2.02. The van der Waals surface area contributed by atoms with Crippen molar-refractivity contribution in [2.24, 2.45) is 0 Å². The van der Waals surface area contributed by atoms with Gasteiger partial charge in [0.25, 0.3) is 0 Å². The average molecular weight is 296 g/mol. The van der Waals surface area contributed by atoms with Gasteiger partial charge in [0, 0.05) is 16.1 Å². The molecule has 1 aromatic carbocycles. The number of halogens is 1. The number of aromatic amines is 1. The van der Waals surface area contributed by atoms with Crippen LogP contribution >= 0.6 is 15.9 Å². The van der Waals surface area contributed by atoms with Crippen LogP contribution in [0.4, 0.5) is 5.82 Å². The Morgan fingerprint density at radius 3 is 2.59 bits per heavy atom. The number of nitrogens with one attached hydrogen (secondary N) is 1. The Bertz CT molecular complexity index is 563. The molecule has 0 unspecified atom stereocenters. The molecular formula is C12H14BrN3O. The second kappa shape index (κ2) is 4.41. The van der Waals surface area contributed by atoms with Crippen LogP contribution in [0.3, 0.4) is 0 Å². The number of methoxy groups -OCH3 is 1. The van der Waals surface area contributed by atoms with Crippen LogP contribution in [-0.4, -0.2) is 17.3 Å². The van der Waals surface area contributed by atoms with Crippen molar-refractivity contribution in [1.29, 1.82) is 0 Å². The molecule has 4 nitrogen and oxygen atoms in total. The van der Waals surface area contributed by atoms with Gasteiger partial charge in [-0.25, -0.2) is 0 Å². The Kier molecular flexibility index (Phi) is 3.11. The van der Waals surface area contributed by atoms with Gasteiger partial charge in [0.05, 0.1) is 12.8 Å². The van der Waals surface area contributed by atoms with Crippen molar-refractivity contribution in [3.05, 3.63) is 27.7 Å². The molecule has 1 heterocycles. The third-order valence-electron chi connectivity index (χ3n) is 2.73. The van der Waals surface area contributed by atoms with Crippen LogP contribution in [-0.2, 0) is 0 Å². The summed E-state index contributed by atoms with van der Waals surface area (Å²) in [6, 6.07) is 3.84. The molecule has 0 saturated heterocycles. The van der Waals surface area contributed by atoms with Gasteiger partial charge in [0.2, 0.25) is 0 Å². The maximum atomic E-state index is 5.64. The fourth-order valence-corrected chi connectivity index (χ4v) is 2.45. The molecule has 0 fully saturated rings. The zero-order valence-corrected chi connectivity index (χ0v) is 11.6. The first-order valence-corrected chi connectivity index (χ1v) is 5.98. The number of benzene rings is 1. The van der Waals surface area contributed by atoms with E-state index in [4.69, 9.17) is 10.5 Å². The number of hydrogen-bond donors (Lipinski definition) is 2. The zero-order chi connectivity index (χ0) is 12.6. The standard InChI is InChI=1S/C12H14BrN3O/c1-6-4-8(13)7(2)11(12(6)17-3)9-5-10(14)16-15-9/h4-5H,1-3H3,(H3,14,15,16). The van der Waals surface area contributed by atoms with E-state index in [0.29, 0.717) is 5.82 Å². The van der Waals surface area contributed by atoms with Crippen LogP contribution in [0.1, 0.15) is 11.1 Å². The monoisotopic (exact) mass is 295 g/mol. The fourth-order valence-electron chi connectivity index (χ4n) is 1.90. The van der Waals surface area contributed by atoms with Gasteiger partial charge in [-0.1, -0.05) is 15.9 Å². The number of rotatable bonds is 2. The molecule has 0 saturated carbocycles. The number of nitrogens with zero attached hydrogens (tertiary/aromatic N) is 1. The molecular weight excluding hydrogens is 282 g/mol. The number of H-pyrrole nitrogens is 1. The second-order valence-corrected chi connectivity index (χ2v) is 4.77. The quantitative estimate of drug-likeness (QED) is 0.895. The summed E-state index contributed by atoms with van der Waals surface area (Å²) in [6.07, 6.45) is 0. The summed E-state index contributed by atoms with van der Waals surface area (Å²) in [7, 11) is 1.67. The molecule has 2 rings (SSSR count). The van der Waals surface area contributed by atoms with Gasteiger partial charge in [-0.2, -0.15) is 5.10 Å². The van der Waals surface area contributed by atoms with E-state index in [1.165, 1.54) is 0 Å². The van der Waals surface area contributed by atoms with E-state index >= 15 is 0 Å². The van der Waals surface area contributed by atoms with Crippen LogP contribution in [0.25, 0.3) is 11.3 Å². The number of nitrogen functional groups attached to an aromatic ring is 1. The van der Waals surface area contributed by atoms with Crippen molar-refractivity contribution in [2.75, 3.05) is 12.8 Å². The summed E-state index contributed by atoms with van der Waals surface area (Å²) in [5.74, 6) is 1.31. The van der Waals surface area contributed by atoms with Crippen LogP contribution in [0.15, 0.2) is 16.6 Å². The molecule has 5 heteroatoms. The molecule has 0 aliphatic heterocycles. The molecule has 17 heavy (non-hydrogen) atoms. The Labute approximate surface area is 108 Å². The molecule has 90 valence electrons. The average Bonchev–Trinajstić information content (AvgIpc) is 2.69. The lowest BCUT2D eigenvalue weighted by molar-refractivity contribution is 0.413. The molecule has 0 radical (unpaired) electrons. The lowest BCUT2D eigenvalue weighted by atomic mass is 10.0. The van der Waals surface area contributed by atoms with E-state index in [2.05, 4.69) is 26.1 Å². The van der Waals surface area contributed by atoms with Crippen molar-refractivity contribution in [2.45, 2.75) is 13.8 Å². The maximum absolute atomic E-state index is 5.64. The van der Waals surface area contributed by atoms with Crippen LogP contribution in [0.5, 0.6) is 5.75 Å². The Morgan fingerprint density at radius 1 is 1.35 bits per heavy atom. The highest BCUT2D eigenvalue weighted by Gasteiger charge is 2.16. The lowest BCUT2D eigenvalue weighted by Gasteiger charge is -2.14. The molecule has 0 aliphatic rings. The third-order valence-corrected chi connectivity index (χ3v) is 3.56. The summed E-state index contributed by atoms with van der Waals surface area (Å²) < 4.78 is 6.51. The lowest BCUT2D eigenvalue weighted by Crippen LogP contribution is -1.95. The van der Waals surface area contributed by atoms with E-state index in [9.17, 15) is 0 Å². The van der Waals surface area contributed by atoms with Crippen molar-refractivity contribution >= 4 is 21.7 Å². The van der Waals surface area contributed by atoms with Gasteiger partial charge >= 0.3 is 0 Å². The Hall–Kier alpha value is -1.49. The number of anilines is 1. The summed E-state index contributed by atoms with van der Waals surface area (Å²) >= 11 is 3.54. The highest BCUT2D eigenvalue weighted by Crippen LogP contribution is 2.39. The summed E-state index contributed by atoms with van der Waals surface area (Å²) in [4.78, 5) is 0.